The number of fused-ring (bicyclic) bond motifs is 1. The van der Waals surface area contributed by atoms with Gasteiger partial charge in [0, 0.05) is 22.6 Å². The molecule has 0 unspecified atom stereocenters. The molecule has 0 aliphatic carbocycles. The van der Waals surface area contributed by atoms with Crippen LogP contribution in [-0.2, 0) is 6.54 Å². The summed E-state index contributed by atoms with van der Waals surface area (Å²) >= 11 is 3.52. The molecule has 0 amide bonds. The lowest BCUT2D eigenvalue weighted by atomic mass is 10.1. The van der Waals surface area contributed by atoms with Crippen molar-refractivity contribution in [3.63, 3.8) is 0 Å². The lowest BCUT2D eigenvalue weighted by Crippen LogP contribution is -2.24. The fraction of sp³-hybridized carbons (Fsp3) is 0.188. The zero-order valence-electron chi connectivity index (χ0n) is 10.4. The Morgan fingerprint density at radius 3 is 2.63 bits per heavy atom. The molecule has 2 rings (SSSR count). The Kier molecular flexibility index (Phi) is 4.58. The van der Waals surface area contributed by atoms with Crippen LogP contribution in [0.4, 0.5) is 0 Å². The van der Waals surface area contributed by atoms with E-state index in [9.17, 15) is 0 Å². The summed E-state index contributed by atoms with van der Waals surface area (Å²) < 4.78 is 1.03. The minimum Gasteiger partial charge on any atom is -0.277 e. The van der Waals surface area contributed by atoms with Crippen molar-refractivity contribution in [2.45, 2.75) is 6.54 Å². The maximum Gasteiger partial charge on any atom is 0.0747 e. The molecule has 0 saturated heterocycles. The van der Waals surface area contributed by atoms with E-state index in [4.69, 9.17) is 12.8 Å². The molecule has 19 heavy (non-hydrogen) atoms. The van der Waals surface area contributed by atoms with Crippen molar-refractivity contribution in [1.29, 1.82) is 0 Å². The Morgan fingerprint density at radius 1 is 1.21 bits per heavy atom. The summed E-state index contributed by atoms with van der Waals surface area (Å²) in [5.41, 5.74) is 2.11. The van der Waals surface area contributed by atoms with E-state index in [-0.39, 0.29) is 0 Å². The summed E-state index contributed by atoms with van der Waals surface area (Å²) in [6.07, 6.45) is 12.5. The Balaban J connectivity index is 2.39. The lowest BCUT2D eigenvalue weighted by molar-refractivity contribution is 0.339. The molecule has 0 spiro atoms. The van der Waals surface area contributed by atoms with Crippen LogP contribution in [-0.4, -0.2) is 23.0 Å². The smallest absolute Gasteiger partial charge is 0.0747 e. The monoisotopic (exact) mass is 312 g/mol. The molecular weight excluding hydrogens is 300 g/mol. The van der Waals surface area contributed by atoms with Crippen LogP contribution in [0.1, 0.15) is 5.56 Å². The summed E-state index contributed by atoms with van der Waals surface area (Å²) in [4.78, 5) is 6.48. The Morgan fingerprint density at radius 2 is 1.95 bits per heavy atom. The number of benzene rings is 1. The highest BCUT2D eigenvalue weighted by atomic mass is 79.9. The number of hydrogen-bond acceptors (Lipinski definition) is 2. The summed E-state index contributed by atoms with van der Waals surface area (Å²) in [5.74, 6) is 5.27. The third-order valence-electron chi connectivity index (χ3n) is 2.77. The van der Waals surface area contributed by atoms with Crippen LogP contribution in [0.3, 0.4) is 0 Å². The van der Waals surface area contributed by atoms with Crippen LogP contribution >= 0.6 is 15.9 Å². The molecule has 94 valence electrons. The first-order chi connectivity index (χ1) is 9.24. The van der Waals surface area contributed by atoms with Gasteiger partial charge in [-0.15, -0.1) is 12.8 Å². The first kappa shape index (κ1) is 13.6. The van der Waals surface area contributed by atoms with Gasteiger partial charge in [-0.2, -0.15) is 0 Å². The topological polar surface area (TPSA) is 16.1 Å². The van der Waals surface area contributed by atoms with Crippen molar-refractivity contribution >= 4 is 26.8 Å². The van der Waals surface area contributed by atoms with Gasteiger partial charge in [0.2, 0.25) is 0 Å². The van der Waals surface area contributed by atoms with Gasteiger partial charge in [-0.25, -0.2) is 0 Å². The maximum atomic E-state index is 5.37. The molecule has 0 atom stereocenters. The zero-order valence-corrected chi connectivity index (χ0v) is 12.0. The summed E-state index contributed by atoms with van der Waals surface area (Å²) in [7, 11) is 0. The minimum absolute atomic E-state index is 0.533. The van der Waals surface area contributed by atoms with Crippen molar-refractivity contribution in [3.8, 4) is 24.7 Å². The first-order valence-corrected chi connectivity index (χ1v) is 6.66. The normalized spacial score (nSPS) is 10.3. The van der Waals surface area contributed by atoms with Crippen molar-refractivity contribution in [3.05, 3.63) is 40.5 Å². The summed E-state index contributed by atoms with van der Waals surface area (Å²) in [5, 5.41) is 1.10. The average molecular weight is 313 g/mol. The van der Waals surface area contributed by atoms with Crippen molar-refractivity contribution in [2.24, 2.45) is 0 Å². The van der Waals surface area contributed by atoms with E-state index in [1.54, 1.807) is 6.20 Å². The van der Waals surface area contributed by atoms with Crippen LogP contribution < -0.4 is 0 Å². The first-order valence-electron chi connectivity index (χ1n) is 5.87. The highest BCUT2D eigenvalue weighted by Crippen LogP contribution is 2.23. The summed E-state index contributed by atoms with van der Waals surface area (Å²) in [6.45, 7) is 1.76. The van der Waals surface area contributed by atoms with E-state index in [1.807, 2.05) is 17.0 Å². The van der Waals surface area contributed by atoms with Crippen molar-refractivity contribution in [1.82, 2.24) is 9.88 Å². The molecule has 0 saturated carbocycles. The molecule has 0 N–H and O–H groups in total. The van der Waals surface area contributed by atoms with E-state index >= 15 is 0 Å². The molecule has 1 aromatic carbocycles. The standard InChI is InChI=1S/C16H13BrN2/c1-3-8-19(9-4-2)12-14-11-15(17)10-13-6-5-7-18-16(13)14/h1-2,5-7,10-11H,8-9,12H2. The van der Waals surface area contributed by atoms with Gasteiger partial charge >= 0.3 is 0 Å². The van der Waals surface area contributed by atoms with Gasteiger partial charge in [-0.3, -0.25) is 9.88 Å². The quantitative estimate of drug-likeness (QED) is 0.807. The number of hydrogen-bond donors (Lipinski definition) is 0. The third kappa shape index (κ3) is 3.35. The van der Waals surface area contributed by atoms with Gasteiger partial charge < -0.3 is 0 Å². The zero-order chi connectivity index (χ0) is 13.7. The molecule has 0 radical (unpaired) electrons. The molecule has 0 aliphatic heterocycles. The molecule has 3 heteroatoms. The number of terminal acetylenes is 2. The van der Waals surface area contributed by atoms with Gasteiger partial charge in [-0.1, -0.05) is 33.8 Å². The number of nitrogens with zero attached hydrogens (tertiary/aromatic N) is 2. The van der Waals surface area contributed by atoms with Crippen LogP contribution in [0.2, 0.25) is 0 Å². The van der Waals surface area contributed by atoms with Crippen molar-refractivity contribution in [2.75, 3.05) is 13.1 Å². The predicted octanol–water partition coefficient (Wildman–Crippen LogP) is 3.07. The molecule has 1 aromatic heterocycles. The second-order valence-electron chi connectivity index (χ2n) is 4.19. The largest absolute Gasteiger partial charge is 0.277 e. The molecule has 2 nitrogen and oxygen atoms in total. The third-order valence-corrected chi connectivity index (χ3v) is 3.23. The van der Waals surface area contributed by atoms with E-state index in [0.717, 1.165) is 20.9 Å². The van der Waals surface area contributed by atoms with Gasteiger partial charge in [-0.05, 0) is 23.8 Å². The number of aromatic nitrogens is 1. The average Bonchev–Trinajstić information content (AvgIpc) is 2.39. The SMILES string of the molecule is C#CCN(CC#C)Cc1cc(Br)cc2cccnc12. The predicted molar refractivity (Wildman–Crippen MR) is 82.4 cm³/mol. The van der Waals surface area contributed by atoms with Crippen LogP contribution in [0, 0.1) is 24.7 Å². The Labute approximate surface area is 122 Å². The van der Waals surface area contributed by atoms with Crippen LogP contribution in [0.15, 0.2) is 34.9 Å². The Bertz CT molecular complexity index is 648. The number of rotatable bonds is 4. The second kappa shape index (κ2) is 6.38. The van der Waals surface area contributed by atoms with Crippen molar-refractivity contribution < 1.29 is 0 Å². The van der Waals surface area contributed by atoms with Gasteiger partial charge in [0.25, 0.3) is 0 Å². The summed E-state index contributed by atoms with van der Waals surface area (Å²) in [6, 6.07) is 8.09. The molecule has 1 heterocycles. The minimum atomic E-state index is 0.533. The highest BCUT2D eigenvalue weighted by molar-refractivity contribution is 9.10. The fourth-order valence-corrected chi connectivity index (χ4v) is 2.54. The molecule has 2 aromatic rings. The van der Waals surface area contributed by atoms with Crippen LogP contribution in [0.5, 0.6) is 0 Å². The van der Waals surface area contributed by atoms with E-state index in [2.05, 4.69) is 44.9 Å². The molecule has 0 fully saturated rings. The van der Waals surface area contributed by atoms with E-state index in [0.29, 0.717) is 19.6 Å². The highest BCUT2D eigenvalue weighted by Gasteiger charge is 2.08. The van der Waals surface area contributed by atoms with E-state index in [1.165, 1.54) is 0 Å². The van der Waals surface area contributed by atoms with E-state index < -0.39 is 0 Å². The van der Waals surface area contributed by atoms with Gasteiger partial charge in [0.05, 0.1) is 18.6 Å². The van der Waals surface area contributed by atoms with Gasteiger partial charge in [0.15, 0.2) is 0 Å². The molecule has 0 aliphatic rings. The lowest BCUT2D eigenvalue weighted by Gasteiger charge is -2.18. The van der Waals surface area contributed by atoms with Crippen LogP contribution in [0.25, 0.3) is 10.9 Å². The Hall–Kier alpha value is -1.81. The fourth-order valence-electron chi connectivity index (χ4n) is 2.01. The second-order valence-corrected chi connectivity index (χ2v) is 5.11. The van der Waals surface area contributed by atoms with Gasteiger partial charge in [0.1, 0.15) is 0 Å². The number of halogens is 1. The number of pyridine rings is 1. The maximum absolute atomic E-state index is 5.37. The molecule has 0 bridgehead atoms. The molecular formula is C16H13BrN2.